The van der Waals surface area contributed by atoms with Crippen LogP contribution < -0.4 is 10.1 Å². The lowest BCUT2D eigenvalue weighted by Crippen LogP contribution is -2.29. The quantitative estimate of drug-likeness (QED) is 0.850. The molecule has 2 nitrogen and oxygen atoms in total. The lowest BCUT2D eigenvalue weighted by Gasteiger charge is -2.16. The molecule has 1 aliphatic heterocycles. The first-order chi connectivity index (χ1) is 7.63. The molecule has 16 heavy (non-hydrogen) atoms. The zero-order chi connectivity index (χ0) is 11.7. The van der Waals surface area contributed by atoms with Gasteiger partial charge in [-0.15, -0.1) is 0 Å². The monoisotopic (exact) mass is 223 g/mol. The Morgan fingerprint density at radius 3 is 2.88 bits per heavy atom. The van der Waals surface area contributed by atoms with Crippen LogP contribution in [-0.4, -0.2) is 12.6 Å². The zero-order valence-corrected chi connectivity index (χ0v) is 10.0. The van der Waals surface area contributed by atoms with E-state index in [0.29, 0.717) is 11.3 Å². The highest BCUT2D eigenvalue weighted by Crippen LogP contribution is 2.37. The average molecular weight is 223 g/mol. The van der Waals surface area contributed by atoms with Gasteiger partial charge in [0.05, 0.1) is 6.04 Å². The molecule has 0 radical (unpaired) electrons. The Bertz CT molecular complexity index is 392. The van der Waals surface area contributed by atoms with Crippen LogP contribution in [0.5, 0.6) is 5.75 Å². The highest BCUT2D eigenvalue weighted by Gasteiger charge is 2.31. The van der Waals surface area contributed by atoms with Gasteiger partial charge in [0.25, 0.3) is 0 Å². The lowest BCUT2D eigenvalue weighted by molar-refractivity contribution is 0.209. The van der Waals surface area contributed by atoms with Crippen LogP contribution in [0.1, 0.15) is 37.4 Å². The lowest BCUT2D eigenvalue weighted by atomic mass is 10.0. The molecule has 0 fully saturated rings. The van der Waals surface area contributed by atoms with Crippen LogP contribution in [0.4, 0.5) is 4.39 Å². The minimum atomic E-state index is -0.193. The average Bonchev–Trinajstić information content (AvgIpc) is 2.52. The van der Waals surface area contributed by atoms with Crippen molar-refractivity contribution in [2.45, 2.75) is 39.3 Å². The molecule has 3 heteroatoms. The first kappa shape index (κ1) is 11.4. The van der Waals surface area contributed by atoms with Crippen LogP contribution in [0.15, 0.2) is 12.1 Å². The van der Waals surface area contributed by atoms with Gasteiger partial charge in [0, 0.05) is 11.6 Å². The van der Waals surface area contributed by atoms with Gasteiger partial charge in [-0.05, 0) is 38.4 Å². The highest BCUT2D eigenvalue weighted by atomic mass is 19.1. The highest BCUT2D eigenvalue weighted by molar-refractivity contribution is 5.43. The van der Waals surface area contributed by atoms with Crippen molar-refractivity contribution < 1.29 is 9.13 Å². The maximum absolute atomic E-state index is 13.4. The second-order valence-corrected chi connectivity index (χ2v) is 4.39. The molecule has 0 amide bonds. The third kappa shape index (κ3) is 1.92. The summed E-state index contributed by atoms with van der Waals surface area (Å²) >= 11 is 0. The third-order valence-electron chi connectivity index (χ3n) is 3.02. The molecule has 0 aliphatic carbocycles. The van der Waals surface area contributed by atoms with Crippen LogP contribution in [-0.2, 0) is 0 Å². The molecule has 0 aromatic heterocycles. The van der Waals surface area contributed by atoms with Crippen molar-refractivity contribution in [3.8, 4) is 5.75 Å². The number of ether oxygens (including phenoxy) is 1. The van der Waals surface area contributed by atoms with Crippen molar-refractivity contribution >= 4 is 0 Å². The van der Waals surface area contributed by atoms with Gasteiger partial charge in [0.1, 0.15) is 17.7 Å². The molecule has 0 spiro atoms. The molecule has 2 atom stereocenters. The van der Waals surface area contributed by atoms with E-state index in [2.05, 4.69) is 12.2 Å². The number of hydrogen-bond acceptors (Lipinski definition) is 2. The number of rotatable bonds is 3. The predicted molar refractivity (Wildman–Crippen MR) is 62.3 cm³/mol. The van der Waals surface area contributed by atoms with Gasteiger partial charge in [-0.3, -0.25) is 0 Å². The Labute approximate surface area is 95.8 Å². The predicted octanol–water partition coefficient (Wildman–Crippen LogP) is 2.96. The van der Waals surface area contributed by atoms with Crippen molar-refractivity contribution in [2.75, 3.05) is 6.54 Å². The number of benzene rings is 1. The summed E-state index contributed by atoms with van der Waals surface area (Å²) in [5.41, 5.74) is 1.76. The number of halogens is 1. The van der Waals surface area contributed by atoms with Crippen molar-refractivity contribution in [2.24, 2.45) is 0 Å². The Kier molecular flexibility index (Phi) is 3.15. The van der Waals surface area contributed by atoms with E-state index in [4.69, 9.17) is 4.74 Å². The van der Waals surface area contributed by atoms with Crippen molar-refractivity contribution in [1.29, 1.82) is 0 Å². The van der Waals surface area contributed by atoms with Gasteiger partial charge >= 0.3 is 0 Å². The summed E-state index contributed by atoms with van der Waals surface area (Å²) in [5, 5.41) is 3.44. The summed E-state index contributed by atoms with van der Waals surface area (Å²) in [6.45, 7) is 6.88. The molecule has 88 valence electrons. The van der Waals surface area contributed by atoms with Crippen LogP contribution in [0, 0.1) is 12.7 Å². The minimum Gasteiger partial charge on any atom is -0.488 e. The van der Waals surface area contributed by atoms with Gasteiger partial charge in [0.2, 0.25) is 0 Å². The Morgan fingerprint density at radius 1 is 1.44 bits per heavy atom. The number of fused-ring (bicyclic) bond motifs is 1. The fourth-order valence-electron chi connectivity index (χ4n) is 2.13. The van der Waals surface area contributed by atoms with Gasteiger partial charge < -0.3 is 10.1 Å². The Morgan fingerprint density at radius 2 is 2.19 bits per heavy atom. The molecule has 1 heterocycles. The molecule has 1 aliphatic rings. The molecule has 0 saturated carbocycles. The molecular formula is C13H18FNO. The van der Waals surface area contributed by atoms with Gasteiger partial charge in [-0.25, -0.2) is 4.39 Å². The van der Waals surface area contributed by atoms with Crippen LogP contribution >= 0.6 is 0 Å². The largest absolute Gasteiger partial charge is 0.488 e. The maximum atomic E-state index is 13.4. The van der Waals surface area contributed by atoms with E-state index in [9.17, 15) is 4.39 Å². The normalized spacial score (nSPS) is 23.0. The summed E-state index contributed by atoms with van der Waals surface area (Å²) in [6, 6.07) is 3.57. The van der Waals surface area contributed by atoms with E-state index in [1.807, 2.05) is 13.0 Å². The molecule has 2 rings (SSSR count). The Hall–Kier alpha value is -1.09. The molecule has 1 N–H and O–H groups in total. The van der Waals surface area contributed by atoms with Crippen molar-refractivity contribution in [3.05, 3.63) is 29.1 Å². The smallest absolute Gasteiger partial charge is 0.129 e. The van der Waals surface area contributed by atoms with Gasteiger partial charge in [-0.1, -0.05) is 6.92 Å². The van der Waals surface area contributed by atoms with Crippen LogP contribution in [0.3, 0.4) is 0 Å². The molecule has 2 unspecified atom stereocenters. The fraction of sp³-hybridized carbons (Fsp3) is 0.538. The van der Waals surface area contributed by atoms with E-state index in [-0.39, 0.29) is 18.0 Å². The minimum absolute atomic E-state index is 0.0720. The fourth-order valence-corrected chi connectivity index (χ4v) is 2.13. The summed E-state index contributed by atoms with van der Waals surface area (Å²) < 4.78 is 19.0. The Balaban J connectivity index is 2.29. The molecule has 1 aromatic rings. The number of nitrogens with one attached hydrogen (secondary N) is 1. The van der Waals surface area contributed by atoms with Crippen molar-refractivity contribution in [3.63, 3.8) is 0 Å². The topological polar surface area (TPSA) is 21.3 Å². The SMILES string of the molecule is CCCNC1c2cc(C)c(F)cc2OC1C. The second kappa shape index (κ2) is 4.42. The van der Waals surface area contributed by atoms with E-state index in [0.717, 1.165) is 18.5 Å². The first-order valence-corrected chi connectivity index (χ1v) is 5.83. The maximum Gasteiger partial charge on any atom is 0.129 e. The third-order valence-corrected chi connectivity index (χ3v) is 3.02. The van der Waals surface area contributed by atoms with Gasteiger partial charge in [-0.2, -0.15) is 0 Å². The van der Waals surface area contributed by atoms with E-state index in [1.165, 1.54) is 6.07 Å². The van der Waals surface area contributed by atoms with Crippen LogP contribution in [0.2, 0.25) is 0 Å². The second-order valence-electron chi connectivity index (χ2n) is 4.39. The van der Waals surface area contributed by atoms with Crippen molar-refractivity contribution in [1.82, 2.24) is 5.32 Å². The molecule has 0 saturated heterocycles. The summed E-state index contributed by atoms with van der Waals surface area (Å²) in [5.74, 6) is 0.492. The molecule has 1 aromatic carbocycles. The van der Waals surface area contributed by atoms with E-state index in [1.54, 1.807) is 6.92 Å². The van der Waals surface area contributed by atoms with Gasteiger partial charge in [0.15, 0.2) is 0 Å². The summed E-state index contributed by atoms with van der Waals surface area (Å²) in [4.78, 5) is 0. The summed E-state index contributed by atoms with van der Waals surface area (Å²) in [7, 11) is 0. The zero-order valence-electron chi connectivity index (χ0n) is 10.0. The first-order valence-electron chi connectivity index (χ1n) is 5.83. The van der Waals surface area contributed by atoms with Crippen LogP contribution in [0.25, 0.3) is 0 Å². The van der Waals surface area contributed by atoms with E-state index < -0.39 is 0 Å². The standard InChI is InChI=1S/C13H18FNO/c1-4-5-15-13-9(3)16-12-7-11(14)8(2)6-10(12)13/h6-7,9,13,15H,4-5H2,1-3H3. The summed E-state index contributed by atoms with van der Waals surface area (Å²) in [6.07, 6.45) is 1.15. The van der Waals surface area contributed by atoms with E-state index >= 15 is 0 Å². The number of aryl methyl sites for hydroxylation is 1. The molecular weight excluding hydrogens is 205 g/mol. The number of hydrogen-bond donors (Lipinski definition) is 1. The molecule has 0 bridgehead atoms.